The lowest BCUT2D eigenvalue weighted by atomic mass is 9.92. The molecule has 1 N–H and O–H groups in total. The van der Waals surface area contributed by atoms with E-state index in [2.05, 4.69) is 61.0 Å². The van der Waals surface area contributed by atoms with Gasteiger partial charge in [0.15, 0.2) is 5.78 Å². The van der Waals surface area contributed by atoms with Crippen molar-refractivity contribution in [3.05, 3.63) is 59.2 Å². The maximum atomic E-state index is 12.9. The van der Waals surface area contributed by atoms with Crippen LogP contribution >= 0.6 is 0 Å². The second-order valence-electron chi connectivity index (χ2n) is 9.04. The molecule has 0 bridgehead atoms. The van der Waals surface area contributed by atoms with E-state index in [0.29, 0.717) is 18.4 Å². The molecule has 5 heteroatoms. The Morgan fingerprint density at radius 1 is 0.871 bits per heavy atom. The van der Waals surface area contributed by atoms with Gasteiger partial charge < -0.3 is 10.2 Å². The predicted octanol–water partition coefficient (Wildman–Crippen LogP) is 4.90. The highest BCUT2D eigenvalue weighted by Gasteiger charge is 2.21. The Hall–Kier alpha value is -2.66. The summed E-state index contributed by atoms with van der Waals surface area (Å²) in [5.74, 6) is 0.843. The van der Waals surface area contributed by atoms with Crippen molar-refractivity contribution in [3.63, 3.8) is 0 Å². The molecule has 0 atom stereocenters. The number of hydrogen-bond donors (Lipinski definition) is 1. The van der Waals surface area contributed by atoms with Crippen LogP contribution in [0.25, 0.3) is 0 Å². The molecule has 1 fully saturated rings. The molecular formula is C26H35N3O2. The molecule has 1 aliphatic heterocycles. The Labute approximate surface area is 186 Å². The number of nitrogens with one attached hydrogen (secondary N) is 1. The number of piperazine rings is 1. The van der Waals surface area contributed by atoms with Gasteiger partial charge in [0, 0.05) is 43.1 Å². The summed E-state index contributed by atoms with van der Waals surface area (Å²) in [7, 11) is 0. The molecule has 0 radical (unpaired) electrons. The minimum atomic E-state index is 0.0502. The summed E-state index contributed by atoms with van der Waals surface area (Å²) in [5, 5.41) is 3.22. The molecule has 5 nitrogen and oxygen atoms in total. The van der Waals surface area contributed by atoms with Gasteiger partial charge in [-0.2, -0.15) is 0 Å². The van der Waals surface area contributed by atoms with E-state index in [1.807, 2.05) is 24.3 Å². The molecular weight excluding hydrogens is 386 g/mol. The zero-order chi connectivity index (χ0) is 22.5. The van der Waals surface area contributed by atoms with E-state index in [1.54, 1.807) is 6.92 Å². The van der Waals surface area contributed by atoms with E-state index < -0.39 is 0 Å². The molecule has 0 saturated carbocycles. The van der Waals surface area contributed by atoms with Crippen molar-refractivity contribution in [2.75, 3.05) is 42.9 Å². The molecule has 0 spiro atoms. The van der Waals surface area contributed by atoms with E-state index >= 15 is 0 Å². The van der Waals surface area contributed by atoms with E-state index in [1.165, 1.54) is 11.1 Å². The van der Waals surface area contributed by atoms with E-state index in [0.717, 1.165) is 43.1 Å². The van der Waals surface area contributed by atoms with Crippen LogP contribution in [0.15, 0.2) is 42.5 Å². The largest absolute Gasteiger partial charge is 0.369 e. The molecule has 1 saturated heterocycles. The van der Waals surface area contributed by atoms with Crippen LogP contribution < -0.4 is 10.2 Å². The quantitative estimate of drug-likeness (QED) is 0.646. The fourth-order valence-electron chi connectivity index (χ4n) is 4.15. The Kier molecular flexibility index (Phi) is 7.50. The van der Waals surface area contributed by atoms with Gasteiger partial charge in [-0.05, 0) is 54.2 Å². The Morgan fingerprint density at radius 3 is 1.90 bits per heavy atom. The first kappa shape index (κ1) is 23.0. The van der Waals surface area contributed by atoms with Gasteiger partial charge in [0.25, 0.3) is 0 Å². The average Bonchev–Trinajstić information content (AvgIpc) is 2.74. The van der Waals surface area contributed by atoms with Crippen LogP contribution in [-0.2, 0) is 4.79 Å². The van der Waals surface area contributed by atoms with Gasteiger partial charge in [0.1, 0.15) is 0 Å². The number of rotatable bonds is 7. The van der Waals surface area contributed by atoms with Gasteiger partial charge >= 0.3 is 0 Å². The number of ketones is 1. The van der Waals surface area contributed by atoms with Gasteiger partial charge in [-0.15, -0.1) is 0 Å². The summed E-state index contributed by atoms with van der Waals surface area (Å²) in [5.41, 5.74) is 5.24. The number of carbonyl (C=O) groups is 2. The number of carbonyl (C=O) groups excluding carboxylic acids is 2. The van der Waals surface area contributed by atoms with Gasteiger partial charge in [0.05, 0.1) is 6.54 Å². The van der Waals surface area contributed by atoms with E-state index in [4.69, 9.17) is 0 Å². The number of nitrogens with zero attached hydrogens (tertiary/aromatic N) is 2. The Balaban J connectivity index is 1.59. The fourth-order valence-corrected chi connectivity index (χ4v) is 4.15. The lowest BCUT2D eigenvalue weighted by Gasteiger charge is -2.36. The normalized spacial score (nSPS) is 14.9. The van der Waals surface area contributed by atoms with Crippen LogP contribution in [0.3, 0.4) is 0 Å². The van der Waals surface area contributed by atoms with Crippen molar-refractivity contribution in [1.29, 1.82) is 0 Å². The summed E-state index contributed by atoms with van der Waals surface area (Å²) in [4.78, 5) is 28.9. The van der Waals surface area contributed by atoms with Crippen LogP contribution in [-0.4, -0.2) is 49.3 Å². The summed E-state index contributed by atoms with van der Waals surface area (Å²) in [6.45, 7) is 14.1. The fraction of sp³-hybridized carbons (Fsp3) is 0.462. The number of benzene rings is 2. The summed E-state index contributed by atoms with van der Waals surface area (Å²) in [6.07, 6.45) is 0. The summed E-state index contributed by atoms with van der Waals surface area (Å²) >= 11 is 0. The molecule has 1 aliphatic rings. The molecule has 2 aromatic carbocycles. The van der Waals surface area contributed by atoms with E-state index in [-0.39, 0.29) is 11.7 Å². The van der Waals surface area contributed by atoms with Gasteiger partial charge in [-0.25, -0.2) is 0 Å². The van der Waals surface area contributed by atoms with Crippen molar-refractivity contribution in [2.45, 2.75) is 46.5 Å². The van der Waals surface area contributed by atoms with E-state index in [9.17, 15) is 9.59 Å². The number of anilines is 2. The zero-order valence-electron chi connectivity index (χ0n) is 19.4. The minimum absolute atomic E-state index is 0.0502. The second kappa shape index (κ2) is 10.1. The topological polar surface area (TPSA) is 52.7 Å². The zero-order valence-corrected chi connectivity index (χ0v) is 19.4. The highest BCUT2D eigenvalue weighted by molar-refractivity contribution is 5.94. The van der Waals surface area contributed by atoms with Gasteiger partial charge in [-0.3, -0.25) is 14.5 Å². The van der Waals surface area contributed by atoms with Crippen LogP contribution in [0.4, 0.5) is 11.4 Å². The smallest absolute Gasteiger partial charge is 0.238 e. The van der Waals surface area contributed by atoms with Crippen molar-refractivity contribution in [1.82, 2.24) is 4.90 Å². The van der Waals surface area contributed by atoms with Crippen LogP contribution in [0, 0.1) is 0 Å². The molecule has 3 rings (SSSR count). The lowest BCUT2D eigenvalue weighted by molar-refractivity contribution is -0.117. The third-order valence-corrected chi connectivity index (χ3v) is 6.02. The first-order valence-corrected chi connectivity index (χ1v) is 11.3. The standard InChI is InChI=1S/C26H35N3O2/c1-18(2)23-7-6-8-24(19(3)4)26(23)27-25(31)17-28-13-15-29(16-14-28)22-11-9-21(10-12-22)20(5)30/h6-12,18-19H,13-17H2,1-5H3,(H,27,31). The molecule has 1 amide bonds. The monoisotopic (exact) mass is 421 g/mol. The van der Waals surface area contributed by atoms with Crippen LogP contribution in [0.5, 0.6) is 0 Å². The van der Waals surface area contributed by atoms with Crippen molar-refractivity contribution >= 4 is 23.1 Å². The van der Waals surface area contributed by atoms with Crippen molar-refractivity contribution in [2.24, 2.45) is 0 Å². The molecule has 1 heterocycles. The number of hydrogen-bond acceptors (Lipinski definition) is 4. The number of para-hydroxylation sites is 1. The number of amides is 1. The molecule has 0 aromatic heterocycles. The highest BCUT2D eigenvalue weighted by Crippen LogP contribution is 2.32. The SMILES string of the molecule is CC(=O)c1ccc(N2CCN(CC(=O)Nc3c(C(C)C)cccc3C(C)C)CC2)cc1. The van der Waals surface area contributed by atoms with Crippen molar-refractivity contribution < 1.29 is 9.59 Å². The van der Waals surface area contributed by atoms with Crippen molar-refractivity contribution in [3.8, 4) is 0 Å². The lowest BCUT2D eigenvalue weighted by Crippen LogP contribution is -2.48. The van der Waals surface area contributed by atoms with Crippen LogP contribution in [0.2, 0.25) is 0 Å². The third-order valence-electron chi connectivity index (χ3n) is 6.02. The maximum Gasteiger partial charge on any atom is 0.238 e. The third kappa shape index (κ3) is 5.73. The van der Waals surface area contributed by atoms with Gasteiger partial charge in [-0.1, -0.05) is 45.9 Å². The molecule has 0 unspecified atom stereocenters. The Bertz CT molecular complexity index is 884. The molecule has 166 valence electrons. The predicted molar refractivity (Wildman–Crippen MR) is 128 cm³/mol. The molecule has 2 aromatic rings. The first-order valence-electron chi connectivity index (χ1n) is 11.3. The first-order chi connectivity index (χ1) is 14.8. The highest BCUT2D eigenvalue weighted by atomic mass is 16.2. The average molecular weight is 422 g/mol. The molecule has 31 heavy (non-hydrogen) atoms. The summed E-state index contributed by atoms with van der Waals surface area (Å²) < 4.78 is 0. The van der Waals surface area contributed by atoms with Gasteiger partial charge in [0.2, 0.25) is 5.91 Å². The minimum Gasteiger partial charge on any atom is -0.369 e. The summed E-state index contributed by atoms with van der Waals surface area (Å²) in [6, 6.07) is 14.1. The second-order valence-corrected chi connectivity index (χ2v) is 9.04. The van der Waals surface area contributed by atoms with Crippen LogP contribution in [0.1, 0.15) is 67.9 Å². The Morgan fingerprint density at radius 2 is 1.42 bits per heavy atom. The molecule has 0 aliphatic carbocycles. The number of Topliss-reactive ketones (excluding diaryl/α,β-unsaturated/α-hetero) is 1. The maximum absolute atomic E-state index is 12.9.